The molecule has 0 aromatic heterocycles. The zero-order chi connectivity index (χ0) is 28.7. The topological polar surface area (TPSA) is 73.9 Å². The first-order chi connectivity index (χ1) is 19.9. The summed E-state index contributed by atoms with van der Waals surface area (Å²) in [6.45, 7) is 4.16. The average molecular weight is 611 g/mol. The number of fused-ring (bicyclic) bond motifs is 3. The Morgan fingerprint density at radius 3 is 2.44 bits per heavy atom. The van der Waals surface area contributed by atoms with Gasteiger partial charge in [-0.25, -0.2) is 4.79 Å². The Balaban J connectivity index is 1.41. The molecule has 4 aromatic rings. The molecule has 0 bridgehead atoms. The summed E-state index contributed by atoms with van der Waals surface area (Å²) in [5.74, 6) is -0.227. The van der Waals surface area contributed by atoms with Gasteiger partial charge in [0.1, 0.15) is 6.61 Å². The molecule has 1 heterocycles. The van der Waals surface area contributed by atoms with E-state index in [1.165, 1.54) is 5.39 Å². The number of esters is 1. The lowest BCUT2D eigenvalue weighted by molar-refractivity contribution is -0.138. The summed E-state index contributed by atoms with van der Waals surface area (Å²) in [6, 6.07) is 25.6. The van der Waals surface area contributed by atoms with Gasteiger partial charge in [0.2, 0.25) is 0 Å². The minimum Gasteiger partial charge on any atom is -0.493 e. The van der Waals surface area contributed by atoms with E-state index in [4.69, 9.17) is 14.2 Å². The Bertz CT molecular complexity index is 1790. The normalized spacial score (nSPS) is 15.9. The summed E-state index contributed by atoms with van der Waals surface area (Å²) in [5, 5.41) is 5.64. The summed E-state index contributed by atoms with van der Waals surface area (Å²) >= 11 is 3.68. The Morgan fingerprint density at radius 1 is 0.951 bits per heavy atom. The molecule has 0 fully saturated rings. The first-order valence-corrected chi connectivity index (χ1v) is 14.2. The van der Waals surface area contributed by atoms with Gasteiger partial charge in [-0.1, -0.05) is 60.7 Å². The van der Waals surface area contributed by atoms with Gasteiger partial charge < -0.3 is 19.5 Å². The van der Waals surface area contributed by atoms with Gasteiger partial charge in [0.15, 0.2) is 17.3 Å². The second-order valence-corrected chi connectivity index (χ2v) is 10.8. The number of methoxy groups -OCH3 is 1. The van der Waals surface area contributed by atoms with Crippen molar-refractivity contribution in [3.63, 3.8) is 0 Å². The lowest BCUT2D eigenvalue weighted by Crippen LogP contribution is -2.29. The van der Waals surface area contributed by atoms with Crippen molar-refractivity contribution in [1.29, 1.82) is 0 Å². The van der Waals surface area contributed by atoms with E-state index < -0.39 is 11.9 Å². The van der Waals surface area contributed by atoms with Gasteiger partial charge in [0.05, 0.1) is 29.5 Å². The lowest BCUT2D eigenvalue weighted by Gasteiger charge is -2.30. The molecule has 1 atom stereocenters. The summed E-state index contributed by atoms with van der Waals surface area (Å²) in [5.41, 5.74) is 5.42. The second kappa shape index (κ2) is 10.9. The monoisotopic (exact) mass is 609 g/mol. The van der Waals surface area contributed by atoms with Crippen LogP contribution in [0.25, 0.3) is 16.5 Å². The second-order valence-electron chi connectivity index (χ2n) is 9.98. The molecule has 1 aliphatic carbocycles. The van der Waals surface area contributed by atoms with E-state index in [-0.39, 0.29) is 12.4 Å². The van der Waals surface area contributed by atoms with Gasteiger partial charge in [0, 0.05) is 28.3 Å². The van der Waals surface area contributed by atoms with Crippen molar-refractivity contribution in [1.82, 2.24) is 5.32 Å². The lowest BCUT2D eigenvalue weighted by atomic mass is 9.79. The molecule has 0 unspecified atom stereocenters. The van der Waals surface area contributed by atoms with Crippen LogP contribution in [0.1, 0.15) is 46.8 Å². The number of Topliss-reactive ketones (excluding diaryl/α,β-unsaturated/α-hetero) is 1. The molecule has 0 amide bonds. The number of dihydropyridines is 1. The zero-order valence-corrected chi connectivity index (χ0v) is 24.5. The number of ketones is 1. The Morgan fingerprint density at radius 2 is 1.68 bits per heavy atom. The van der Waals surface area contributed by atoms with Crippen LogP contribution in [0.4, 0.5) is 0 Å². The predicted octanol–water partition coefficient (Wildman–Crippen LogP) is 7.32. The summed E-state index contributed by atoms with van der Waals surface area (Å²) < 4.78 is 18.1. The number of ether oxygens (including phenoxy) is 3. The van der Waals surface area contributed by atoms with E-state index in [1.807, 2.05) is 61.5 Å². The van der Waals surface area contributed by atoms with Crippen molar-refractivity contribution in [2.45, 2.75) is 26.4 Å². The average Bonchev–Trinajstić information content (AvgIpc) is 3.26. The number of benzene rings is 4. The largest absolute Gasteiger partial charge is 0.493 e. The van der Waals surface area contributed by atoms with Crippen LogP contribution >= 0.6 is 15.9 Å². The van der Waals surface area contributed by atoms with E-state index >= 15 is 0 Å². The smallest absolute Gasteiger partial charge is 0.336 e. The first kappa shape index (κ1) is 26.8. The van der Waals surface area contributed by atoms with Gasteiger partial charge in [-0.3, -0.25) is 4.79 Å². The van der Waals surface area contributed by atoms with Crippen LogP contribution in [0, 0.1) is 0 Å². The fraction of sp³-hybridized carbons (Fsp3) is 0.176. The van der Waals surface area contributed by atoms with Crippen molar-refractivity contribution in [3.05, 3.63) is 122 Å². The third-order valence-corrected chi connectivity index (χ3v) is 8.12. The molecule has 6 nitrogen and oxygen atoms in total. The zero-order valence-electron chi connectivity index (χ0n) is 22.9. The number of rotatable bonds is 7. The Labute approximate surface area is 246 Å². The van der Waals surface area contributed by atoms with Crippen molar-refractivity contribution in [2.24, 2.45) is 0 Å². The maximum Gasteiger partial charge on any atom is 0.336 e. The molecule has 7 heteroatoms. The van der Waals surface area contributed by atoms with Gasteiger partial charge >= 0.3 is 5.97 Å². The number of carbonyl (C=O) groups excluding carboxylic acids is 2. The van der Waals surface area contributed by atoms with Crippen molar-refractivity contribution in [3.8, 4) is 11.5 Å². The molecular formula is C34H28BrNO5. The van der Waals surface area contributed by atoms with Crippen LogP contribution in [0.2, 0.25) is 0 Å². The van der Waals surface area contributed by atoms with Crippen LogP contribution in [-0.4, -0.2) is 25.5 Å². The predicted molar refractivity (Wildman–Crippen MR) is 162 cm³/mol. The summed E-state index contributed by atoms with van der Waals surface area (Å²) in [4.78, 5) is 27.1. The maximum absolute atomic E-state index is 13.8. The minimum atomic E-state index is -0.662. The highest BCUT2D eigenvalue weighted by atomic mass is 79.9. The molecule has 2 aliphatic rings. The van der Waals surface area contributed by atoms with Crippen molar-refractivity contribution < 1.29 is 23.8 Å². The van der Waals surface area contributed by atoms with Crippen LogP contribution < -0.4 is 14.8 Å². The Hall–Kier alpha value is -4.36. The van der Waals surface area contributed by atoms with Crippen molar-refractivity contribution >= 4 is 44.2 Å². The molecule has 0 saturated heterocycles. The minimum absolute atomic E-state index is 0.117. The molecule has 4 aromatic carbocycles. The van der Waals surface area contributed by atoms with Gasteiger partial charge in [-0.15, -0.1) is 0 Å². The van der Waals surface area contributed by atoms with E-state index in [0.717, 1.165) is 16.5 Å². The molecule has 6 rings (SSSR count). The molecule has 41 heavy (non-hydrogen) atoms. The highest BCUT2D eigenvalue weighted by Crippen LogP contribution is 2.49. The van der Waals surface area contributed by atoms with Crippen molar-refractivity contribution in [2.75, 3.05) is 13.7 Å². The number of halogens is 1. The highest BCUT2D eigenvalue weighted by molar-refractivity contribution is 9.10. The fourth-order valence-corrected chi connectivity index (χ4v) is 6.25. The molecule has 0 radical (unpaired) electrons. The summed E-state index contributed by atoms with van der Waals surface area (Å²) in [7, 11) is 1.57. The quantitative estimate of drug-likeness (QED) is 0.221. The van der Waals surface area contributed by atoms with E-state index in [2.05, 4.69) is 45.5 Å². The van der Waals surface area contributed by atoms with Gasteiger partial charge in [-0.05, 0) is 69.9 Å². The van der Waals surface area contributed by atoms with E-state index in [1.54, 1.807) is 14.0 Å². The first-order valence-electron chi connectivity index (χ1n) is 13.4. The Kier molecular flexibility index (Phi) is 7.14. The number of nitrogens with one attached hydrogen (secondary N) is 1. The van der Waals surface area contributed by atoms with Crippen LogP contribution in [0.3, 0.4) is 0 Å². The molecule has 1 aliphatic heterocycles. The molecular weight excluding hydrogens is 582 g/mol. The fourth-order valence-electron chi connectivity index (χ4n) is 5.67. The van der Waals surface area contributed by atoms with E-state index in [9.17, 15) is 9.59 Å². The van der Waals surface area contributed by atoms with Gasteiger partial charge in [-0.2, -0.15) is 0 Å². The standard InChI is InChI=1S/C34H28BrNO5/c1-4-40-34(38)28-19(2)36-31-24-11-7-8-12-25(24)32(37)30(31)29(28)23-16-26(35)33(27(17-23)39-3)41-18-20-13-14-21-9-5-6-10-22(21)15-20/h5-17,29,36H,4,18H2,1-3H3/t29-/m0/s1. The van der Waals surface area contributed by atoms with E-state index in [0.29, 0.717) is 56.2 Å². The third kappa shape index (κ3) is 4.70. The van der Waals surface area contributed by atoms with Crippen LogP contribution in [-0.2, 0) is 16.1 Å². The highest BCUT2D eigenvalue weighted by Gasteiger charge is 2.43. The van der Waals surface area contributed by atoms with Gasteiger partial charge in [0.25, 0.3) is 0 Å². The maximum atomic E-state index is 13.8. The third-order valence-electron chi connectivity index (χ3n) is 7.53. The summed E-state index contributed by atoms with van der Waals surface area (Å²) in [6.07, 6.45) is 0. The number of allylic oxidation sites excluding steroid dienone is 2. The molecule has 0 spiro atoms. The van der Waals surface area contributed by atoms with Crippen LogP contribution in [0.15, 0.2) is 100 Å². The SMILES string of the molecule is CCOC(=O)C1=C(C)NC2=C(C(=O)c3ccccc32)[C@H]1c1cc(Br)c(OCc2ccc3ccccc3c2)c(OC)c1. The number of hydrogen-bond acceptors (Lipinski definition) is 6. The number of carbonyl (C=O) groups is 2. The van der Waals surface area contributed by atoms with Crippen LogP contribution in [0.5, 0.6) is 11.5 Å². The molecule has 0 saturated carbocycles. The molecule has 1 N–H and O–H groups in total. The number of hydrogen-bond donors (Lipinski definition) is 1. The molecule has 206 valence electrons.